The van der Waals surface area contributed by atoms with Crippen LogP contribution in [0.5, 0.6) is 0 Å². The highest BCUT2D eigenvalue weighted by molar-refractivity contribution is 5.69. The lowest BCUT2D eigenvalue weighted by atomic mass is 9.99. The van der Waals surface area contributed by atoms with E-state index in [1.807, 2.05) is 0 Å². The predicted octanol–water partition coefficient (Wildman–Crippen LogP) is 16.6. The molecule has 0 aromatic carbocycles. The first-order chi connectivity index (χ1) is 23.7. The molecule has 0 fully saturated rings. The van der Waals surface area contributed by atoms with Gasteiger partial charge in [-0.15, -0.1) is 0 Å². The summed E-state index contributed by atoms with van der Waals surface area (Å²) in [4.78, 5) is 12.0. The molecule has 0 aliphatic rings. The molecule has 0 aromatic rings. The van der Waals surface area contributed by atoms with Gasteiger partial charge in [0.1, 0.15) is 0 Å². The normalized spacial score (nSPS) is 12.3. The fourth-order valence-electron chi connectivity index (χ4n) is 6.93. The van der Waals surface area contributed by atoms with E-state index in [-0.39, 0.29) is 5.97 Å². The molecule has 0 spiro atoms. The van der Waals surface area contributed by atoms with Gasteiger partial charge in [0.25, 0.3) is 0 Å². The Morgan fingerprint density at radius 3 is 1.17 bits per heavy atom. The van der Waals surface area contributed by atoms with E-state index in [1.165, 1.54) is 225 Å². The Morgan fingerprint density at radius 1 is 0.438 bits per heavy atom. The van der Waals surface area contributed by atoms with E-state index in [1.54, 1.807) is 0 Å². The van der Waals surface area contributed by atoms with Gasteiger partial charge in [0, 0.05) is 6.42 Å². The predicted molar refractivity (Wildman–Crippen MR) is 216 cm³/mol. The summed E-state index contributed by atoms with van der Waals surface area (Å²) in [7, 11) is 0. The van der Waals surface area contributed by atoms with Crippen molar-refractivity contribution in [2.75, 3.05) is 6.61 Å². The molecule has 0 aromatic heterocycles. The van der Waals surface area contributed by atoms with E-state index in [9.17, 15) is 4.79 Å². The molecule has 0 radical (unpaired) electrons. The molecule has 0 bridgehead atoms. The first-order valence-electron chi connectivity index (χ1n) is 22.5. The standard InChI is InChI=1S/C46H90O2/c1-4-6-7-8-9-10-11-12-13-14-15-16-17-18-22-25-28-31-34-37-40-43-46(47)48-44-41-38-35-32-29-26-23-20-19-21-24-27-30-33-36-39-42-45(3)5-2/h12-13,45H,4-11,14-44H2,1-3H3. The number of unbranched alkanes of at least 4 members (excludes halogenated alkanes) is 32. The molecule has 0 N–H and O–H groups in total. The third kappa shape index (κ3) is 41.4. The molecule has 1 unspecified atom stereocenters. The number of rotatable bonds is 41. The van der Waals surface area contributed by atoms with Gasteiger partial charge in [0.2, 0.25) is 0 Å². The molecule has 0 rings (SSSR count). The molecule has 1 atom stereocenters. The van der Waals surface area contributed by atoms with E-state index >= 15 is 0 Å². The zero-order chi connectivity index (χ0) is 34.9. The van der Waals surface area contributed by atoms with Crippen molar-refractivity contribution >= 4 is 5.97 Å². The quantitative estimate of drug-likeness (QED) is 0.0366. The Bertz CT molecular complexity index is 626. The molecule has 0 aliphatic heterocycles. The van der Waals surface area contributed by atoms with Crippen molar-refractivity contribution < 1.29 is 9.53 Å². The van der Waals surface area contributed by atoms with Crippen molar-refractivity contribution in [1.82, 2.24) is 0 Å². The zero-order valence-corrected chi connectivity index (χ0v) is 33.6. The number of carbonyl (C=O) groups is 1. The summed E-state index contributed by atoms with van der Waals surface area (Å²) in [6.07, 6.45) is 55.9. The van der Waals surface area contributed by atoms with Gasteiger partial charge >= 0.3 is 5.97 Å². The minimum Gasteiger partial charge on any atom is -0.466 e. The average molecular weight is 675 g/mol. The van der Waals surface area contributed by atoms with Crippen molar-refractivity contribution in [2.45, 2.75) is 265 Å². The molecular weight excluding hydrogens is 585 g/mol. The molecule has 0 amide bonds. The Kier molecular flexibility index (Phi) is 41.7. The summed E-state index contributed by atoms with van der Waals surface area (Å²) in [5, 5.41) is 0. The molecule has 48 heavy (non-hydrogen) atoms. The van der Waals surface area contributed by atoms with Crippen LogP contribution in [0.1, 0.15) is 265 Å². The summed E-state index contributed by atoms with van der Waals surface area (Å²) in [5.41, 5.74) is 0. The molecule has 0 saturated carbocycles. The lowest BCUT2D eigenvalue weighted by Crippen LogP contribution is -2.05. The van der Waals surface area contributed by atoms with Gasteiger partial charge in [0.05, 0.1) is 6.61 Å². The molecule has 286 valence electrons. The van der Waals surface area contributed by atoms with Crippen LogP contribution in [0.15, 0.2) is 12.2 Å². The van der Waals surface area contributed by atoms with Gasteiger partial charge in [-0.3, -0.25) is 4.79 Å². The van der Waals surface area contributed by atoms with Crippen LogP contribution in [0.4, 0.5) is 0 Å². The van der Waals surface area contributed by atoms with Crippen molar-refractivity contribution in [2.24, 2.45) is 5.92 Å². The van der Waals surface area contributed by atoms with Crippen LogP contribution in [0, 0.1) is 5.92 Å². The second-order valence-electron chi connectivity index (χ2n) is 15.6. The van der Waals surface area contributed by atoms with E-state index < -0.39 is 0 Å². The largest absolute Gasteiger partial charge is 0.466 e. The van der Waals surface area contributed by atoms with Gasteiger partial charge < -0.3 is 4.74 Å². The number of hydrogen-bond donors (Lipinski definition) is 0. The van der Waals surface area contributed by atoms with Crippen LogP contribution in [-0.2, 0) is 9.53 Å². The Hall–Kier alpha value is -0.790. The SMILES string of the molecule is CCCCCCCCC=CCCCCCCCCCCCCCC(=O)OCCCCCCCCCCCCCCCCCCC(C)CC. The van der Waals surface area contributed by atoms with Crippen molar-refractivity contribution in [3.63, 3.8) is 0 Å². The van der Waals surface area contributed by atoms with E-state index in [0.29, 0.717) is 13.0 Å². The highest BCUT2D eigenvalue weighted by atomic mass is 16.5. The van der Waals surface area contributed by atoms with Crippen LogP contribution in [0.25, 0.3) is 0 Å². The monoisotopic (exact) mass is 675 g/mol. The Morgan fingerprint density at radius 2 is 0.771 bits per heavy atom. The van der Waals surface area contributed by atoms with Gasteiger partial charge in [-0.05, 0) is 44.4 Å². The van der Waals surface area contributed by atoms with Crippen LogP contribution in [-0.4, -0.2) is 12.6 Å². The first-order valence-corrected chi connectivity index (χ1v) is 22.5. The molecular formula is C46H90O2. The Balaban J connectivity index is 3.18. The van der Waals surface area contributed by atoms with Gasteiger partial charge in [0.15, 0.2) is 0 Å². The highest BCUT2D eigenvalue weighted by Gasteiger charge is 2.03. The maximum Gasteiger partial charge on any atom is 0.305 e. The highest BCUT2D eigenvalue weighted by Crippen LogP contribution is 2.17. The fraction of sp³-hybridized carbons (Fsp3) is 0.935. The van der Waals surface area contributed by atoms with Crippen LogP contribution in [0.3, 0.4) is 0 Å². The lowest BCUT2D eigenvalue weighted by molar-refractivity contribution is -0.143. The molecule has 0 aliphatic carbocycles. The maximum atomic E-state index is 12.0. The number of ether oxygens (including phenoxy) is 1. The van der Waals surface area contributed by atoms with Crippen LogP contribution >= 0.6 is 0 Å². The van der Waals surface area contributed by atoms with Gasteiger partial charge in [-0.1, -0.05) is 232 Å². The van der Waals surface area contributed by atoms with E-state index in [2.05, 4.69) is 32.9 Å². The number of hydrogen-bond acceptors (Lipinski definition) is 2. The molecule has 0 saturated heterocycles. The summed E-state index contributed by atoms with van der Waals surface area (Å²) in [6.45, 7) is 7.63. The second kappa shape index (κ2) is 42.4. The number of esters is 1. The van der Waals surface area contributed by atoms with Crippen LogP contribution in [0.2, 0.25) is 0 Å². The third-order valence-electron chi connectivity index (χ3n) is 10.7. The lowest BCUT2D eigenvalue weighted by Gasteiger charge is -2.07. The second-order valence-corrected chi connectivity index (χ2v) is 15.6. The minimum absolute atomic E-state index is 0.0281. The smallest absolute Gasteiger partial charge is 0.305 e. The molecule has 2 heteroatoms. The summed E-state index contributed by atoms with van der Waals surface area (Å²) < 4.78 is 5.48. The number of allylic oxidation sites excluding steroid dienone is 2. The van der Waals surface area contributed by atoms with Crippen molar-refractivity contribution in [3.05, 3.63) is 12.2 Å². The average Bonchev–Trinajstić information content (AvgIpc) is 3.09. The molecule has 0 heterocycles. The summed E-state index contributed by atoms with van der Waals surface area (Å²) in [6, 6.07) is 0. The topological polar surface area (TPSA) is 26.3 Å². The van der Waals surface area contributed by atoms with E-state index in [4.69, 9.17) is 4.74 Å². The first kappa shape index (κ1) is 47.2. The zero-order valence-electron chi connectivity index (χ0n) is 33.6. The Labute approximate surface area is 304 Å². The maximum absolute atomic E-state index is 12.0. The summed E-state index contributed by atoms with van der Waals surface area (Å²) in [5.74, 6) is 0.957. The van der Waals surface area contributed by atoms with Crippen molar-refractivity contribution in [1.29, 1.82) is 0 Å². The fourth-order valence-corrected chi connectivity index (χ4v) is 6.93. The summed E-state index contributed by atoms with van der Waals surface area (Å²) >= 11 is 0. The van der Waals surface area contributed by atoms with Gasteiger partial charge in [-0.2, -0.15) is 0 Å². The van der Waals surface area contributed by atoms with Crippen molar-refractivity contribution in [3.8, 4) is 0 Å². The minimum atomic E-state index is 0.0281. The third-order valence-corrected chi connectivity index (χ3v) is 10.7. The molecule has 2 nitrogen and oxygen atoms in total. The van der Waals surface area contributed by atoms with Gasteiger partial charge in [-0.25, -0.2) is 0 Å². The van der Waals surface area contributed by atoms with E-state index in [0.717, 1.165) is 18.8 Å². The van der Waals surface area contributed by atoms with Crippen LogP contribution < -0.4 is 0 Å². The number of carbonyl (C=O) groups excluding carboxylic acids is 1.